The summed E-state index contributed by atoms with van der Waals surface area (Å²) in [6.45, 7) is 8.17. The van der Waals surface area contributed by atoms with E-state index >= 15 is 0 Å². The fraction of sp³-hybridized carbons (Fsp3) is 0.318. The van der Waals surface area contributed by atoms with Gasteiger partial charge in [0.05, 0.1) is 6.20 Å². The number of hydrogen-bond donors (Lipinski definition) is 0. The van der Waals surface area contributed by atoms with E-state index in [1.165, 1.54) is 4.57 Å². The minimum Gasteiger partial charge on any atom is -0.425 e. The van der Waals surface area contributed by atoms with Gasteiger partial charge in [-0.1, -0.05) is 13.8 Å². The van der Waals surface area contributed by atoms with E-state index in [-0.39, 0.29) is 17.6 Å². The van der Waals surface area contributed by atoms with Crippen LogP contribution in [-0.2, 0) is 7.05 Å². The van der Waals surface area contributed by atoms with E-state index in [0.29, 0.717) is 28.5 Å². The van der Waals surface area contributed by atoms with Crippen molar-refractivity contribution in [2.45, 2.75) is 39.7 Å². The molecule has 3 heterocycles. The highest BCUT2D eigenvalue weighted by Crippen LogP contribution is 2.25. The number of benzene rings is 1. The predicted molar refractivity (Wildman–Crippen MR) is 115 cm³/mol. The molecule has 0 aliphatic rings. The van der Waals surface area contributed by atoms with Gasteiger partial charge in [0.15, 0.2) is 11.5 Å². The Morgan fingerprint density at radius 1 is 1.00 bits per heavy atom. The predicted octanol–water partition coefficient (Wildman–Crippen LogP) is 4.08. The molecule has 0 unspecified atom stereocenters. The van der Waals surface area contributed by atoms with Gasteiger partial charge in [-0.05, 0) is 50.1 Å². The van der Waals surface area contributed by atoms with Crippen LogP contribution >= 0.6 is 0 Å². The van der Waals surface area contributed by atoms with Crippen LogP contribution in [0.25, 0.3) is 22.4 Å². The molecule has 0 spiro atoms. The van der Waals surface area contributed by atoms with Crippen LogP contribution in [0.15, 0.2) is 47.5 Å². The molecule has 8 heteroatoms. The molecular formula is C22H24N6O2. The molecule has 0 saturated heterocycles. The highest BCUT2D eigenvalue weighted by molar-refractivity contribution is 5.73. The minimum absolute atomic E-state index is 0.0795. The molecule has 1 aromatic carbocycles. The second kappa shape index (κ2) is 7.70. The molecule has 0 saturated carbocycles. The van der Waals surface area contributed by atoms with E-state index in [4.69, 9.17) is 4.74 Å². The molecule has 3 aromatic heterocycles. The first-order valence-corrected chi connectivity index (χ1v) is 9.90. The maximum atomic E-state index is 12.7. The van der Waals surface area contributed by atoms with Crippen LogP contribution in [0.5, 0.6) is 11.8 Å². The van der Waals surface area contributed by atoms with Gasteiger partial charge < -0.3 is 4.74 Å². The van der Waals surface area contributed by atoms with Crippen molar-refractivity contribution in [3.05, 3.63) is 58.8 Å². The number of aromatic nitrogens is 6. The van der Waals surface area contributed by atoms with E-state index in [9.17, 15) is 4.79 Å². The van der Waals surface area contributed by atoms with Gasteiger partial charge in [-0.3, -0.25) is 9.36 Å². The summed E-state index contributed by atoms with van der Waals surface area (Å²) in [5.41, 5.74) is 2.20. The van der Waals surface area contributed by atoms with Gasteiger partial charge in [-0.25, -0.2) is 14.6 Å². The monoisotopic (exact) mass is 404 g/mol. The van der Waals surface area contributed by atoms with E-state index in [0.717, 1.165) is 11.3 Å². The first-order chi connectivity index (χ1) is 14.3. The van der Waals surface area contributed by atoms with Crippen LogP contribution in [0.3, 0.4) is 0 Å². The highest BCUT2D eigenvalue weighted by Gasteiger charge is 2.16. The minimum atomic E-state index is -0.197. The standard InChI is InChI=1S/C22H24N6O2/c1-13(2)18-10-11-23-19(25-18)15-6-8-16(9-7-15)30-22-26-20-17(21(29)27(22)5)12-24-28(20)14(3)4/h6-14H,1-5H3. The zero-order valence-electron chi connectivity index (χ0n) is 17.7. The maximum absolute atomic E-state index is 12.7. The van der Waals surface area contributed by atoms with Gasteiger partial charge in [0.2, 0.25) is 0 Å². The highest BCUT2D eigenvalue weighted by atomic mass is 16.5. The number of fused-ring (bicyclic) bond motifs is 1. The van der Waals surface area contributed by atoms with Crippen molar-refractivity contribution in [3.63, 3.8) is 0 Å². The molecule has 0 aliphatic heterocycles. The van der Waals surface area contributed by atoms with Gasteiger partial charge >= 0.3 is 6.01 Å². The summed E-state index contributed by atoms with van der Waals surface area (Å²) in [4.78, 5) is 26.2. The zero-order valence-corrected chi connectivity index (χ0v) is 17.7. The fourth-order valence-corrected chi connectivity index (χ4v) is 3.13. The van der Waals surface area contributed by atoms with Crippen LogP contribution < -0.4 is 10.3 Å². The third kappa shape index (κ3) is 3.56. The largest absolute Gasteiger partial charge is 0.425 e. The van der Waals surface area contributed by atoms with Crippen LogP contribution in [0.1, 0.15) is 45.3 Å². The molecule has 154 valence electrons. The second-order valence-corrected chi connectivity index (χ2v) is 7.76. The van der Waals surface area contributed by atoms with Crippen LogP contribution in [0.2, 0.25) is 0 Å². The average Bonchev–Trinajstić information content (AvgIpc) is 3.16. The summed E-state index contributed by atoms with van der Waals surface area (Å²) in [7, 11) is 1.64. The first kappa shape index (κ1) is 19.8. The molecule has 0 amide bonds. The zero-order chi connectivity index (χ0) is 21.4. The SMILES string of the molecule is CC(C)c1ccnc(-c2ccc(Oc3nc4c(cnn4C(C)C)c(=O)n3C)cc2)n1. The summed E-state index contributed by atoms with van der Waals surface area (Å²) >= 11 is 0. The molecule has 8 nitrogen and oxygen atoms in total. The molecule has 0 atom stereocenters. The van der Waals surface area contributed by atoms with Gasteiger partial charge in [0.1, 0.15) is 11.1 Å². The van der Waals surface area contributed by atoms with Gasteiger partial charge in [0.25, 0.3) is 5.56 Å². The Kier molecular flexibility index (Phi) is 5.07. The number of ether oxygens (including phenoxy) is 1. The summed E-state index contributed by atoms with van der Waals surface area (Å²) in [5, 5.41) is 4.75. The van der Waals surface area contributed by atoms with Crippen LogP contribution in [0.4, 0.5) is 0 Å². The summed E-state index contributed by atoms with van der Waals surface area (Å²) in [6, 6.07) is 9.63. The number of hydrogen-bond acceptors (Lipinski definition) is 6. The van der Waals surface area contributed by atoms with Crippen molar-refractivity contribution in [1.82, 2.24) is 29.3 Å². The lowest BCUT2D eigenvalue weighted by atomic mass is 10.1. The molecule has 30 heavy (non-hydrogen) atoms. The van der Waals surface area contributed by atoms with Crippen LogP contribution in [-0.4, -0.2) is 29.3 Å². The van der Waals surface area contributed by atoms with Crippen molar-refractivity contribution < 1.29 is 4.74 Å². The lowest BCUT2D eigenvalue weighted by Gasteiger charge is -2.11. The molecule has 0 bridgehead atoms. The van der Waals surface area contributed by atoms with E-state index in [1.807, 2.05) is 44.2 Å². The lowest BCUT2D eigenvalue weighted by Crippen LogP contribution is -2.20. The molecule has 0 fully saturated rings. The van der Waals surface area contributed by atoms with Gasteiger partial charge in [-0.2, -0.15) is 10.1 Å². The second-order valence-electron chi connectivity index (χ2n) is 7.76. The van der Waals surface area contributed by atoms with Gasteiger partial charge in [0, 0.05) is 30.5 Å². The average molecular weight is 404 g/mol. The summed E-state index contributed by atoms with van der Waals surface area (Å²) < 4.78 is 9.03. The Morgan fingerprint density at radius 3 is 2.40 bits per heavy atom. The number of rotatable bonds is 5. The van der Waals surface area contributed by atoms with Crippen LogP contribution in [0, 0.1) is 0 Å². The van der Waals surface area contributed by atoms with Crippen molar-refractivity contribution >= 4 is 11.0 Å². The molecule has 4 aromatic rings. The third-order valence-corrected chi connectivity index (χ3v) is 4.87. The first-order valence-electron chi connectivity index (χ1n) is 9.90. The fourth-order valence-electron chi connectivity index (χ4n) is 3.13. The Balaban J connectivity index is 1.66. The quantitative estimate of drug-likeness (QED) is 0.498. The Bertz CT molecular complexity index is 1260. The molecule has 0 aliphatic carbocycles. The maximum Gasteiger partial charge on any atom is 0.306 e. The molecule has 0 radical (unpaired) electrons. The van der Waals surface area contributed by atoms with E-state index in [2.05, 4.69) is 33.9 Å². The van der Waals surface area contributed by atoms with Crippen molar-refractivity contribution in [2.75, 3.05) is 0 Å². The molecule has 4 rings (SSSR count). The van der Waals surface area contributed by atoms with Crippen molar-refractivity contribution in [1.29, 1.82) is 0 Å². The topological polar surface area (TPSA) is 87.7 Å². The Hall–Kier alpha value is -3.55. The summed E-state index contributed by atoms with van der Waals surface area (Å²) in [6.07, 6.45) is 3.32. The smallest absolute Gasteiger partial charge is 0.306 e. The molecule has 0 N–H and O–H groups in total. The lowest BCUT2D eigenvalue weighted by molar-refractivity contribution is 0.413. The summed E-state index contributed by atoms with van der Waals surface area (Å²) in [5.74, 6) is 1.56. The van der Waals surface area contributed by atoms with Crippen molar-refractivity contribution in [3.8, 4) is 23.1 Å². The molecular weight excluding hydrogens is 380 g/mol. The van der Waals surface area contributed by atoms with E-state index in [1.54, 1.807) is 24.1 Å². The Morgan fingerprint density at radius 2 is 1.73 bits per heavy atom. The number of nitrogens with zero attached hydrogens (tertiary/aromatic N) is 6. The van der Waals surface area contributed by atoms with Crippen molar-refractivity contribution in [2.24, 2.45) is 7.05 Å². The van der Waals surface area contributed by atoms with E-state index < -0.39 is 0 Å². The normalized spacial score (nSPS) is 11.6. The van der Waals surface area contributed by atoms with Gasteiger partial charge in [-0.15, -0.1) is 0 Å². The Labute approximate surface area is 174 Å². The third-order valence-electron chi connectivity index (χ3n) is 4.87.